The molecule has 1 aromatic carbocycles. The standard InChI is InChI=1S/C20H30O6/c1-3-5-7-21-8-9-22-10-11-23-15-24-14-18-13-20-19(25-16-26-20)12-17(18)6-4-2/h4,12-13H,2-3,5-11,14-16H2,1H3. The third-order valence-corrected chi connectivity index (χ3v) is 3.87. The summed E-state index contributed by atoms with van der Waals surface area (Å²) in [5.74, 6) is 1.53. The fourth-order valence-electron chi connectivity index (χ4n) is 2.46. The maximum atomic E-state index is 5.61. The minimum Gasteiger partial charge on any atom is -0.454 e. The highest BCUT2D eigenvalue weighted by atomic mass is 16.7. The molecule has 0 unspecified atom stereocenters. The average Bonchev–Trinajstić information content (AvgIpc) is 3.10. The first-order valence-corrected chi connectivity index (χ1v) is 9.18. The van der Waals surface area contributed by atoms with Crippen molar-refractivity contribution in [2.24, 2.45) is 0 Å². The summed E-state index contributed by atoms with van der Waals surface area (Å²) in [5, 5.41) is 0. The van der Waals surface area contributed by atoms with Crippen LogP contribution in [0.2, 0.25) is 0 Å². The molecule has 0 spiro atoms. The van der Waals surface area contributed by atoms with Crippen LogP contribution in [-0.4, -0.2) is 46.6 Å². The van der Waals surface area contributed by atoms with Gasteiger partial charge in [0, 0.05) is 6.61 Å². The molecule has 2 rings (SSSR count). The lowest BCUT2D eigenvalue weighted by Gasteiger charge is -2.11. The molecule has 0 saturated heterocycles. The molecular formula is C20H30O6. The van der Waals surface area contributed by atoms with E-state index in [0.717, 1.165) is 48.5 Å². The highest BCUT2D eigenvalue weighted by molar-refractivity contribution is 5.49. The molecule has 0 aromatic heterocycles. The first-order valence-electron chi connectivity index (χ1n) is 9.18. The Hall–Kier alpha value is -1.60. The highest BCUT2D eigenvalue weighted by Gasteiger charge is 2.16. The zero-order valence-electron chi connectivity index (χ0n) is 15.7. The number of unbranched alkanes of at least 4 members (excludes halogenated alkanes) is 1. The first-order chi connectivity index (χ1) is 12.8. The number of rotatable bonds is 15. The molecule has 0 amide bonds. The number of fused-ring (bicyclic) bond motifs is 1. The number of hydrogen-bond acceptors (Lipinski definition) is 6. The van der Waals surface area contributed by atoms with Gasteiger partial charge in [0.25, 0.3) is 0 Å². The Kier molecular flexibility index (Phi) is 10.1. The molecule has 0 N–H and O–H groups in total. The summed E-state index contributed by atoms with van der Waals surface area (Å²) in [5.41, 5.74) is 2.17. The normalized spacial score (nSPS) is 12.5. The summed E-state index contributed by atoms with van der Waals surface area (Å²) in [4.78, 5) is 0. The van der Waals surface area contributed by atoms with Crippen LogP contribution in [0.5, 0.6) is 11.5 Å². The second kappa shape index (κ2) is 12.7. The predicted octanol–water partition coefficient (Wildman–Crippen LogP) is 3.47. The van der Waals surface area contributed by atoms with Gasteiger partial charge in [0.2, 0.25) is 6.79 Å². The van der Waals surface area contributed by atoms with Crippen molar-refractivity contribution in [3.05, 3.63) is 35.9 Å². The Labute approximate surface area is 156 Å². The van der Waals surface area contributed by atoms with Crippen molar-refractivity contribution < 1.29 is 28.4 Å². The maximum Gasteiger partial charge on any atom is 0.231 e. The van der Waals surface area contributed by atoms with Gasteiger partial charge in [-0.2, -0.15) is 0 Å². The summed E-state index contributed by atoms with van der Waals surface area (Å²) in [6.45, 7) is 9.93. The van der Waals surface area contributed by atoms with E-state index in [2.05, 4.69) is 13.5 Å². The van der Waals surface area contributed by atoms with Gasteiger partial charge >= 0.3 is 0 Å². The maximum absolute atomic E-state index is 5.61. The topological polar surface area (TPSA) is 55.4 Å². The molecule has 0 radical (unpaired) electrons. The van der Waals surface area contributed by atoms with Crippen molar-refractivity contribution in [2.75, 3.05) is 46.6 Å². The minimum absolute atomic E-state index is 0.221. The lowest BCUT2D eigenvalue weighted by Crippen LogP contribution is -2.11. The predicted molar refractivity (Wildman–Crippen MR) is 98.6 cm³/mol. The van der Waals surface area contributed by atoms with Gasteiger partial charge in [-0.3, -0.25) is 0 Å². The number of ether oxygens (including phenoxy) is 6. The zero-order chi connectivity index (χ0) is 18.5. The van der Waals surface area contributed by atoms with E-state index in [1.165, 1.54) is 0 Å². The van der Waals surface area contributed by atoms with Crippen LogP contribution in [0.1, 0.15) is 30.9 Å². The lowest BCUT2D eigenvalue weighted by atomic mass is 10.0. The molecule has 1 aromatic rings. The minimum atomic E-state index is 0.221. The van der Waals surface area contributed by atoms with Crippen molar-refractivity contribution in [3.63, 3.8) is 0 Å². The first kappa shape index (κ1) is 20.7. The van der Waals surface area contributed by atoms with Crippen LogP contribution in [0.15, 0.2) is 24.8 Å². The van der Waals surface area contributed by atoms with Gasteiger partial charge in [-0.15, -0.1) is 6.58 Å². The van der Waals surface area contributed by atoms with E-state index in [1.807, 2.05) is 18.2 Å². The third kappa shape index (κ3) is 7.33. The Morgan fingerprint density at radius 1 is 0.923 bits per heavy atom. The van der Waals surface area contributed by atoms with Gasteiger partial charge in [-0.25, -0.2) is 0 Å². The van der Waals surface area contributed by atoms with Gasteiger partial charge in [-0.05, 0) is 36.1 Å². The number of benzene rings is 1. The van der Waals surface area contributed by atoms with Crippen molar-refractivity contribution in [2.45, 2.75) is 32.8 Å². The molecule has 1 aliphatic rings. The Morgan fingerprint density at radius 2 is 1.58 bits per heavy atom. The summed E-state index contributed by atoms with van der Waals surface area (Å²) in [7, 11) is 0. The van der Waals surface area contributed by atoms with Crippen LogP contribution in [0.25, 0.3) is 0 Å². The van der Waals surface area contributed by atoms with E-state index in [0.29, 0.717) is 33.0 Å². The van der Waals surface area contributed by atoms with E-state index in [9.17, 15) is 0 Å². The Bertz CT molecular complexity index is 531. The molecule has 1 aliphatic heterocycles. The number of hydrogen-bond donors (Lipinski definition) is 0. The largest absolute Gasteiger partial charge is 0.454 e. The smallest absolute Gasteiger partial charge is 0.231 e. The fourth-order valence-corrected chi connectivity index (χ4v) is 2.46. The van der Waals surface area contributed by atoms with Crippen LogP contribution in [0.3, 0.4) is 0 Å². The van der Waals surface area contributed by atoms with E-state index < -0.39 is 0 Å². The van der Waals surface area contributed by atoms with E-state index in [-0.39, 0.29) is 13.6 Å². The van der Waals surface area contributed by atoms with Gasteiger partial charge in [0.15, 0.2) is 11.5 Å². The van der Waals surface area contributed by atoms with Gasteiger partial charge in [0.05, 0.1) is 33.0 Å². The van der Waals surface area contributed by atoms with Crippen LogP contribution in [0, 0.1) is 0 Å². The monoisotopic (exact) mass is 366 g/mol. The molecule has 146 valence electrons. The van der Waals surface area contributed by atoms with Crippen LogP contribution in [0.4, 0.5) is 0 Å². The molecule has 6 heteroatoms. The Balaban J connectivity index is 1.55. The van der Waals surface area contributed by atoms with Crippen molar-refractivity contribution >= 4 is 0 Å². The highest BCUT2D eigenvalue weighted by Crippen LogP contribution is 2.35. The van der Waals surface area contributed by atoms with E-state index in [4.69, 9.17) is 28.4 Å². The summed E-state index contributed by atoms with van der Waals surface area (Å²) >= 11 is 0. The second-order valence-corrected chi connectivity index (χ2v) is 5.92. The fraction of sp³-hybridized carbons (Fsp3) is 0.600. The zero-order valence-corrected chi connectivity index (χ0v) is 15.7. The third-order valence-electron chi connectivity index (χ3n) is 3.87. The quantitative estimate of drug-likeness (QED) is 0.269. The van der Waals surface area contributed by atoms with Crippen LogP contribution < -0.4 is 9.47 Å². The Morgan fingerprint density at radius 3 is 2.27 bits per heavy atom. The summed E-state index contributed by atoms with van der Waals surface area (Å²) < 4.78 is 32.7. The molecule has 0 fully saturated rings. The van der Waals surface area contributed by atoms with E-state index >= 15 is 0 Å². The van der Waals surface area contributed by atoms with Gasteiger partial charge < -0.3 is 28.4 Å². The van der Waals surface area contributed by atoms with Crippen LogP contribution >= 0.6 is 0 Å². The summed E-state index contributed by atoms with van der Waals surface area (Å²) in [6, 6.07) is 3.95. The lowest BCUT2D eigenvalue weighted by molar-refractivity contribution is -0.0786. The van der Waals surface area contributed by atoms with Crippen molar-refractivity contribution in [3.8, 4) is 11.5 Å². The molecule has 0 atom stereocenters. The number of allylic oxidation sites excluding steroid dienone is 1. The van der Waals surface area contributed by atoms with Crippen molar-refractivity contribution in [1.29, 1.82) is 0 Å². The van der Waals surface area contributed by atoms with Crippen molar-refractivity contribution in [1.82, 2.24) is 0 Å². The van der Waals surface area contributed by atoms with Gasteiger partial charge in [0.1, 0.15) is 6.79 Å². The molecule has 1 heterocycles. The molecule has 6 nitrogen and oxygen atoms in total. The molecule has 26 heavy (non-hydrogen) atoms. The van der Waals surface area contributed by atoms with Crippen LogP contribution in [-0.2, 0) is 32.0 Å². The molecule has 0 bridgehead atoms. The average molecular weight is 366 g/mol. The summed E-state index contributed by atoms with van der Waals surface area (Å²) in [6.07, 6.45) is 4.86. The molecule has 0 aliphatic carbocycles. The SMILES string of the molecule is C=CCc1cc2c(cc1COCOCCOCCOCCCC)OCO2. The molecular weight excluding hydrogens is 336 g/mol. The molecule has 0 saturated carbocycles. The van der Waals surface area contributed by atoms with Gasteiger partial charge in [-0.1, -0.05) is 19.4 Å². The second-order valence-electron chi connectivity index (χ2n) is 5.92. The van der Waals surface area contributed by atoms with E-state index in [1.54, 1.807) is 0 Å².